The minimum atomic E-state index is -3.12. The van der Waals surface area contributed by atoms with Crippen molar-refractivity contribution in [3.05, 3.63) is 0 Å². The third-order valence-corrected chi connectivity index (χ3v) is 8.18. The Morgan fingerprint density at radius 1 is 0.958 bits per heavy atom. The molecule has 0 aliphatic heterocycles. The van der Waals surface area contributed by atoms with E-state index in [-0.39, 0.29) is 11.5 Å². The third-order valence-electron chi connectivity index (χ3n) is 4.53. The first-order valence-corrected chi connectivity index (χ1v) is 12.1. The highest BCUT2D eigenvalue weighted by Gasteiger charge is 2.35. The van der Waals surface area contributed by atoms with Crippen LogP contribution in [0.2, 0.25) is 0 Å². The molecule has 2 unspecified atom stereocenters. The van der Waals surface area contributed by atoms with E-state index in [0.29, 0.717) is 30.3 Å². The van der Waals surface area contributed by atoms with Crippen molar-refractivity contribution >= 4 is 33.2 Å². The lowest BCUT2D eigenvalue weighted by atomic mass is 10.3. The zero-order chi connectivity index (χ0) is 18.0. The van der Waals surface area contributed by atoms with Gasteiger partial charge in [-0.2, -0.15) is 11.8 Å². The van der Waals surface area contributed by atoms with Gasteiger partial charge in [0.2, 0.25) is 0 Å². The standard InChI is InChI=1S/C9H16O3S.C9H16OS/c1-2-3-7-13(11,12)9-6-4-5-8(9)10;1-2-3-7-11-9-6-4-5-8(9)10/h9H,2-7H2,1H3;9H,2-7H2,1H3. The van der Waals surface area contributed by atoms with Gasteiger partial charge in [-0.15, -0.1) is 0 Å². The van der Waals surface area contributed by atoms with Crippen molar-refractivity contribution in [2.24, 2.45) is 0 Å². The Kier molecular flexibility index (Phi) is 10.2. The molecular weight excluding hydrogens is 344 g/mol. The summed E-state index contributed by atoms with van der Waals surface area (Å²) >= 11 is 1.87. The van der Waals surface area contributed by atoms with Gasteiger partial charge < -0.3 is 0 Å². The Morgan fingerprint density at radius 3 is 2.08 bits per heavy atom. The van der Waals surface area contributed by atoms with Gasteiger partial charge in [0.1, 0.15) is 11.0 Å². The predicted molar refractivity (Wildman–Crippen MR) is 101 cm³/mol. The molecule has 0 aromatic heterocycles. The van der Waals surface area contributed by atoms with Crippen molar-refractivity contribution in [3.63, 3.8) is 0 Å². The highest BCUT2D eigenvalue weighted by molar-refractivity contribution is 8.00. The molecule has 0 spiro atoms. The molecule has 2 atom stereocenters. The molecule has 0 aromatic carbocycles. The highest BCUT2D eigenvalue weighted by Crippen LogP contribution is 2.27. The summed E-state index contributed by atoms with van der Waals surface area (Å²) in [5.41, 5.74) is 0. The maximum Gasteiger partial charge on any atom is 0.160 e. The molecule has 0 N–H and O–H groups in total. The fourth-order valence-corrected chi connectivity index (χ4v) is 6.38. The topological polar surface area (TPSA) is 68.3 Å². The number of carbonyl (C=O) groups is 2. The molecule has 2 aliphatic carbocycles. The van der Waals surface area contributed by atoms with Gasteiger partial charge in [0, 0.05) is 12.8 Å². The summed E-state index contributed by atoms with van der Waals surface area (Å²) in [4.78, 5) is 22.4. The van der Waals surface area contributed by atoms with Crippen molar-refractivity contribution in [1.82, 2.24) is 0 Å². The van der Waals surface area contributed by atoms with Gasteiger partial charge in [-0.1, -0.05) is 26.7 Å². The molecule has 0 amide bonds. The van der Waals surface area contributed by atoms with E-state index in [4.69, 9.17) is 0 Å². The molecule has 0 radical (unpaired) electrons. The summed E-state index contributed by atoms with van der Waals surface area (Å²) in [6.07, 6.45) is 8.88. The fourth-order valence-electron chi connectivity index (χ4n) is 2.98. The molecule has 0 heterocycles. The molecular formula is C18H32O4S2. The van der Waals surface area contributed by atoms with Gasteiger partial charge in [0.15, 0.2) is 15.6 Å². The SMILES string of the molecule is CCCCS(=O)(=O)C1CCCC1=O.CCCCSC1CCCC1=O. The van der Waals surface area contributed by atoms with Crippen molar-refractivity contribution in [3.8, 4) is 0 Å². The Hall–Kier alpha value is -0.360. The molecule has 24 heavy (non-hydrogen) atoms. The van der Waals surface area contributed by atoms with Crippen molar-refractivity contribution in [2.75, 3.05) is 11.5 Å². The second kappa shape index (κ2) is 11.3. The zero-order valence-electron chi connectivity index (χ0n) is 15.1. The van der Waals surface area contributed by atoms with Gasteiger partial charge in [-0.05, 0) is 44.3 Å². The predicted octanol–water partition coefficient (Wildman–Crippen LogP) is 3.96. The van der Waals surface area contributed by atoms with E-state index in [2.05, 4.69) is 6.92 Å². The smallest absolute Gasteiger partial charge is 0.160 e. The molecule has 0 bridgehead atoms. The number of hydrogen-bond donors (Lipinski definition) is 0. The first kappa shape index (κ1) is 21.7. The largest absolute Gasteiger partial charge is 0.298 e. The maximum atomic E-state index is 11.6. The van der Waals surface area contributed by atoms with E-state index in [1.165, 1.54) is 18.6 Å². The van der Waals surface area contributed by atoms with E-state index in [9.17, 15) is 18.0 Å². The number of carbonyl (C=O) groups excluding carboxylic acids is 2. The van der Waals surface area contributed by atoms with E-state index in [0.717, 1.165) is 32.1 Å². The van der Waals surface area contributed by atoms with Crippen molar-refractivity contribution in [1.29, 1.82) is 0 Å². The van der Waals surface area contributed by atoms with Crippen LogP contribution in [0.15, 0.2) is 0 Å². The summed E-state index contributed by atoms with van der Waals surface area (Å²) in [5.74, 6) is 1.77. The van der Waals surface area contributed by atoms with Crippen LogP contribution in [-0.2, 0) is 19.4 Å². The lowest BCUT2D eigenvalue weighted by Crippen LogP contribution is -2.27. The quantitative estimate of drug-likeness (QED) is 0.600. The Morgan fingerprint density at radius 2 is 1.58 bits per heavy atom. The summed E-state index contributed by atoms with van der Waals surface area (Å²) in [7, 11) is -3.12. The van der Waals surface area contributed by atoms with Gasteiger partial charge in [0.05, 0.1) is 11.0 Å². The van der Waals surface area contributed by atoms with Crippen LogP contribution < -0.4 is 0 Å². The Bertz CT molecular complexity index is 499. The molecule has 0 aromatic rings. The van der Waals surface area contributed by atoms with Crippen molar-refractivity contribution < 1.29 is 18.0 Å². The molecule has 2 rings (SSSR count). The van der Waals surface area contributed by atoms with Crippen LogP contribution in [0, 0.1) is 0 Å². The van der Waals surface area contributed by atoms with Gasteiger partial charge in [0.25, 0.3) is 0 Å². The van der Waals surface area contributed by atoms with E-state index in [1.807, 2.05) is 18.7 Å². The average molecular weight is 377 g/mol. The number of sulfone groups is 1. The minimum absolute atomic E-state index is 0.0731. The van der Waals surface area contributed by atoms with Gasteiger partial charge in [-0.3, -0.25) is 9.59 Å². The summed E-state index contributed by atoms with van der Waals surface area (Å²) in [5, 5.41) is -0.305. The van der Waals surface area contributed by atoms with Crippen LogP contribution in [0.4, 0.5) is 0 Å². The fraction of sp³-hybridized carbons (Fsp3) is 0.889. The highest BCUT2D eigenvalue weighted by atomic mass is 32.2. The summed E-state index contributed by atoms with van der Waals surface area (Å²) < 4.78 is 23.2. The summed E-state index contributed by atoms with van der Waals surface area (Å²) in [6, 6.07) is 0. The van der Waals surface area contributed by atoms with Crippen LogP contribution in [0.1, 0.15) is 78.1 Å². The molecule has 2 saturated carbocycles. The monoisotopic (exact) mass is 376 g/mol. The average Bonchev–Trinajstić information content (AvgIpc) is 3.15. The van der Waals surface area contributed by atoms with Crippen LogP contribution in [0.3, 0.4) is 0 Å². The molecule has 6 heteroatoms. The third kappa shape index (κ3) is 7.26. The second-order valence-electron chi connectivity index (χ2n) is 6.64. The normalized spacial score (nSPS) is 24.1. The number of rotatable bonds is 8. The zero-order valence-corrected chi connectivity index (χ0v) is 16.7. The molecule has 140 valence electrons. The maximum absolute atomic E-state index is 11.6. The van der Waals surface area contributed by atoms with Crippen LogP contribution in [0.5, 0.6) is 0 Å². The van der Waals surface area contributed by atoms with E-state index in [1.54, 1.807) is 0 Å². The van der Waals surface area contributed by atoms with E-state index < -0.39 is 15.1 Å². The lowest BCUT2D eigenvalue weighted by Gasteiger charge is -2.08. The number of hydrogen-bond acceptors (Lipinski definition) is 5. The van der Waals surface area contributed by atoms with Crippen LogP contribution in [0.25, 0.3) is 0 Å². The van der Waals surface area contributed by atoms with Crippen molar-refractivity contribution in [2.45, 2.75) is 88.6 Å². The first-order chi connectivity index (χ1) is 11.4. The first-order valence-electron chi connectivity index (χ1n) is 9.31. The number of ketones is 2. The molecule has 2 fully saturated rings. The summed E-state index contributed by atoms with van der Waals surface area (Å²) in [6.45, 7) is 4.14. The number of unbranched alkanes of at least 4 members (excludes halogenated alkanes) is 2. The second-order valence-corrected chi connectivity index (χ2v) is 10.3. The minimum Gasteiger partial charge on any atom is -0.298 e. The van der Waals surface area contributed by atoms with E-state index >= 15 is 0 Å². The lowest BCUT2D eigenvalue weighted by molar-refractivity contribution is -0.117. The van der Waals surface area contributed by atoms with Crippen LogP contribution >= 0.6 is 11.8 Å². The molecule has 2 aliphatic rings. The van der Waals surface area contributed by atoms with Crippen LogP contribution in [-0.4, -0.2) is 42.0 Å². The number of thioether (sulfide) groups is 1. The van der Waals surface area contributed by atoms with Gasteiger partial charge >= 0.3 is 0 Å². The molecule has 4 nitrogen and oxygen atoms in total. The molecule has 0 saturated heterocycles. The Balaban J connectivity index is 0.000000243. The Labute approximate surface area is 151 Å². The number of Topliss-reactive ketones (excluding diaryl/α,β-unsaturated/α-hetero) is 2. The van der Waals surface area contributed by atoms with Gasteiger partial charge in [-0.25, -0.2) is 8.42 Å².